The minimum absolute atomic E-state index is 0.175. The molecule has 0 unspecified atom stereocenters. The number of amides is 1. The summed E-state index contributed by atoms with van der Waals surface area (Å²) in [6, 6.07) is -0.519. The Labute approximate surface area is 144 Å². The largest absolute Gasteiger partial charge is 0.481 e. The van der Waals surface area contributed by atoms with Gasteiger partial charge in [-0.25, -0.2) is 4.79 Å². The van der Waals surface area contributed by atoms with E-state index in [1.165, 1.54) is 6.92 Å². The van der Waals surface area contributed by atoms with Crippen molar-refractivity contribution in [3.05, 3.63) is 0 Å². The van der Waals surface area contributed by atoms with Crippen molar-refractivity contribution in [2.24, 2.45) is 11.8 Å². The van der Waals surface area contributed by atoms with Crippen molar-refractivity contribution in [3.8, 4) is 0 Å². The van der Waals surface area contributed by atoms with Crippen molar-refractivity contribution in [3.63, 3.8) is 0 Å². The van der Waals surface area contributed by atoms with Crippen LogP contribution in [0, 0.1) is 11.8 Å². The molecule has 0 rings (SSSR count). The number of carbonyl (C=O) groups is 3. The number of ether oxygens (including phenoxy) is 2. The zero-order valence-electron chi connectivity index (χ0n) is 15.3. The van der Waals surface area contributed by atoms with Gasteiger partial charge in [-0.15, -0.1) is 0 Å². The molecule has 0 saturated carbocycles. The molecule has 0 aromatic rings. The van der Waals surface area contributed by atoms with E-state index in [2.05, 4.69) is 12.2 Å². The van der Waals surface area contributed by atoms with Gasteiger partial charge in [-0.05, 0) is 12.3 Å². The van der Waals surface area contributed by atoms with E-state index in [1.54, 1.807) is 13.8 Å². The summed E-state index contributed by atoms with van der Waals surface area (Å²) in [5.41, 5.74) is 0. The Hall–Kier alpha value is -1.79. The normalized spacial score (nSPS) is 14.6. The van der Waals surface area contributed by atoms with Crippen LogP contribution >= 0.6 is 0 Å². The number of aliphatic carboxylic acids is 1. The maximum atomic E-state index is 11.9. The quantitative estimate of drug-likeness (QED) is 0.440. The summed E-state index contributed by atoms with van der Waals surface area (Å²) < 4.78 is 9.90. The van der Waals surface area contributed by atoms with Gasteiger partial charge in [0.15, 0.2) is 0 Å². The Kier molecular flexibility index (Phi) is 10.8. The van der Waals surface area contributed by atoms with Crippen molar-refractivity contribution < 1.29 is 29.0 Å². The van der Waals surface area contributed by atoms with Crippen LogP contribution in [0.1, 0.15) is 66.7 Å². The van der Waals surface area contributed by atoms with Crippen molar-refractivity contribution in [2.45, 2.75) is 79.1 Å². The van der Waals surface area contributed by atoms with Crippen LogP contribution in [0.2, 0.25) is 0 Å². The molecule has 7 nitrogen and oxygen atoms in total. The molecule has 24 heavy (non-hydrogen) atoms. The maximum absolute atomic E-state index is 11.9. The van der Waals surface area contributed by atoms with Crippen molar-refractivity contribution >= 4 is 18.0 Å². The number of esters is 1. The maximum Gasteiger partial charge on any atom is 0.410 e. The molecule has 0 aromatic heterocycles. The van der Waals surface area contributed by atoms with Gasteiger partial charge in [-0.3, -0.25) is 9.59 Å². The third-order valence-corrected chi connectivity index (χ3v) is 3.51. The van der Waals surface area contributed by atoms with E-state index in [0.29, 0.717) is 12.3 Å². The topological polar surface area (TPSA) is 102 Å². The number of carboxylic acids is 1. The second-order valence-corrected chi connectivity index (χ2v) is 6.49. The molecule has 0 aromatic carbocycles. The number of carbonyl (C=O) groups excluding carboxylic acids is 2. The minimum Gasteiger partial charge on any atom is -0.481 e. The number of hydrogen-bond donors (Lipinski definition) is 2. The summed E-state index contributed by atoms with van der Waals surface area (Å²) in [6.07, 6.45) is 1.69. The highest BCUT2D eigenvalue weighted by Gasteiger charge is 2.22. The molecule has 3 atom stereocenters. The molecule has 0 heterocycles. The van der Waals surface area contributed by atoms with Gasteiger partial charge in [-0.2, -0.15) is 0 Å². The summed E-state index contributed by atoms with van der Waals surface area (Å²) in [5.74, 6) is -1.48. The van der Waals surface area contributed by atoms with E-state index >= 15 is 0 Å². The van der Waals surface area contributed by atoms with Gasteiger partial charge in [0.2, 0.25) is 6.29 Å². The van der Waals surface area contributed by atoms with Gasteiger partial charge < -0.3 is 19.9 Å². The van der Waals surface area contributed by atoms with Gasteiger partial charge in [0.05, 0.1) is 12.3 Å². The van der Waals surface area contributed by atoms with Crippen LogP contribution in [0.4, 0.5) is 4.79 Å². The highest BCUT2D eigenvalue weighted by molar-refractivity contribution is 5.73. The third kappa shape index (κ3) is 10.9. The SMILES string of the molecule is CCCC[C@@H](C)C[C@@H](CC(=O)O)NC(=O)O[C@H](C)OC(=O)C(C)C. The number of unbranched alkanes of at least 4 members (excludes halogenated alkanes) is 1. The van der Waals surface area contributed by atoms with Crippen LogP contribution in [0.25, 0.3) is 0 Å². The zero-order valence-corrected chi connectivity index (χ0v) is 15.3. The predicted molar refractivity (Wildman–Crippen MR) is 89.4 cm³/mol. The van der Waals surface area contributed by atoms with E-state index in [-0.39, 0.29) is 12.3 Å². The molecule has 0 radical (unpaired) electrons. The van der Waals surface area contributed by atoms with Crippen molar-refractivity contribution in [1.82, 2.24) is 5.32 Å². The first-order valence-corrected chi connectivity index (χ1v) is 8.55. The Morgan fingerprint density at radius 2 is 1.71 bits per heavy atom. The van der Waals surface area contributed by atoms with E-state index in [4.69, 9.17) is 14.6 Å². The Morgan fingerprint density at radius 3 is 2.21 bits per heavy atom. The standard InChI is InChI=1S/C17H31NO6/c1-6-7-8-12(4)9-14(10-15(19)20)18-17(22)24-13(5)23-16(21)11(2)3/h11-14H,6-10H2,1-5H3,(H,18,22)(H,19,20)/t12-,13-,14+/m1/s1. The number of nitrogens with one attached hydrogen (secondary N) is 1. The number of carboxylic acid groups (broad SMARTS) is 1. The summed E-state index contributed by atoms with van der Waals surface area (Å²) in [6.45, 7) is 8.92. The smallest absolute Gasteiger partial charge is 0.410 e. The van der Waals surface area contributed by atoms with Crippen molar-refractivity contribution in [2.75, 3.05) is 0 Å². The molecule has 0 saturated heterocycles. The van der Waals surface area contributed by atoms with Gasteiger partial charge in [0.1, 0.15) is 0 Å². The van der Waals surface area contributed by atoms with Crippen LogP contribution in [0.15, 0.2) is 0 Å². The lowest BCUT2D eigenvalue weighted by molar-refractivity contribution is -0.168. The van der Waals surface area contributed by atoms with Gasteiger partial charge in [0, 0.05) is 13.0 Å². The highest BCUT2D eigenvalue weighted by atomic mass is 16.7. The molecule has 2 N–H and O–H groups in total. The summed E-state index contributed by atoms with van der Waals surface area (Å²) >= 11 is 0. The number of hydrogen-bond acceptors (Lipinski definition) is 5. The fraction of sp³-hybridized carbons (Fsp3) is 0.824. The van der Waals surface area contributed by atoms with Crippen LogP contribution in [-0.4, -0.2) is 35.5 Å². The second-order valence-electron chi connectivity index (χ2n) is 6.49. The highest BCUT2D eigenvalue weighted by Crippen LogP contribution is 2.16. The van der Waals surface area contributed by atoms with Crippen molar-refractivity contribution in [1.29, 1.82) is 0 Å². The third-order valence-electron chi connectivity index (χ3n) is 3.51. The Balaban J connectivity index is 4.47. The lowest BCUT2D eigenvalue weighted by Gasteiger charge is -2.22. The molecule has 0 spiro atoms. The second kappa shape index (κ2) is 11.7. The Bertz CT molecular complexity index is 410. The minimum atomic E-state index is -1.03. The van der Waals surface area contributed by atoms with E-state index in [1.807, 2.05) is 6.92 Å². The molecule has 1 amide bonds. The van der Waals surface area contributed by atoms with Gasteiger partial charge in [-0.1, -0.05) is 47.0 Å². The van der Waals surface area contributed by atoms with Gasteiger partial charge >= 0.3 is 18.0 Å². The fourth-order valence-electron chi connectivity index (χ4n) is 2.24. The van der Waals surface area contributed by atoms with Crippen LogP contribution in [0.5, 0.6) is 0 Å². The lowest BCUT2D eigenvalue weighted by Crippen LogP contribution is -2.40. The summed E-state index contributed by atoms with van der Waals surface area (Å²) in [4.78, 5) is 34.3. The van der Waals surface area contributed by atoms with Crippen LogP contribution in [0.3, 0.4) is 0 Å². The molecule has 7 heteroatoms. The van der Waals surface area contributed by atoms with Crippen LogP contribution in [-0.2, 0) is 19.1 Å². The first-order valence-electron chi connectivity index (χ1n) is 8.55. The molecular formula is C17H31NO6. The average molecular weight is 345 g/mol. The summed E-state index contributed by atoms with van der Waals surface area (Å²) in [7, 11) is 0. The first kappa shape index (κ1) is 22.2. The number of alkyl carbamates (subject to hydrolysis) is 1. The molecular weight excluding hydrogens is 314 g/mol. The lowest BCUT2D eigenvalue weighted by atomic mass is 9.95. The molecule has 0 aliphatic heterocycles. The molecule has 0 bridgehead atoms. The molecule has 0 aliphatic rings. The predicted octanol–water partition coefficient (Wildman–Crippen LogP) is 3.32. The Morgan fingerprint density at radius 1 is 1.08 bits per heavy atom. The average Bonchev–Trinajstić information content (AvgIpc) is 2.43. The molecule has 0 aliphatic carbocycles. The van der Waals surface area contributed by atoms with Gasteiger partial charge in [0.25, 0.3) is 0 Å². The summed E-state index contributed by atoms with van der Waals surface area (Å²) in [5, 5.41) is 11.5. The fourth-order valence-corrected chi connectivity index (χ4v) is 2.24. The number of rotatable bonds is 11. The van der Waals surface area contributed by atoms with E-state index in [0.717, 1.165) is 19.3 Å². The van der Waals surface area contributed by atoms with E-state index < -0.39 is 30.4 Å². The first-order chi connectivity index (χ1) is 11.1. The molecule has 0 fully saturated rings. The monoisotopic (exact) mass is 345 g/mol. The zero-order chi connectivity index (χ0) is 18.7. The molecule has 140 valence electrons. The van der Waals surface area contributed by atoms with Crippen LogP contribution < -0.4 is 5.32 Å². The van der Waals surface area contributed by atoms with E-state index in [9.17, 15) is 14.4 Å².